The molecule has 2 nitrogen and oxygen atoms in total. The molecule has 0 amide bonds. The van der Waals surface area contributed by atoms with Crippen molar-refractivity contribution in [3.63, 3.8) is 0 Å². The minimum absolute atomic E-state index is 0.0488. The highest BCUT2D eigenvalue weighted by atomic mass is 16.1. The smallest absolute Gasteiger partial charge is 0.161 e. The van der Waals surface area contributed by atoms with Crippen molar-refractivity contribution in [2.75, 3.05) is 0 Å². The van der Waals surface area contributed by atoms with Gasteiger partial charge in [0.25, 0.3) is 0 Å². The molecular weight excluding hydrogens is 224 g/mol. The molecule has 4 aliphatic rings. The molecule has 0 aromatic heterocycles. The van der Waals surface area contributed by atoms with E-state index in [2.05, 4.69) is 0 Å². The molecule has 0 aromatic rings. The second-order valence-corrected chi connectivity index (χ2v) is 6.68. The highest BCUT2D eigenvalue weighted by Crippen LogP contribution is 2.59. The molecule has 2 fully saturated rings. The van der Waals surface area contributed by atoms with Crippen LogP contribution in [-0.2, 0) is 9.59 Å². The first-order valence-electron chi connectivity index (χ1n) is 7.34. The van der Waals surface area contributed by atoms with E-state index in [4.69, 9.17) is 0 Å². The van der Waals surface area contributed by atoms with Gasteiger partial charge in [0.1, 0.15) is 5.78 Å². The molecule has 0 aromatic carbocycles. The molecular formula is C16H22O2. The quantitative estimate of drug-likeness (QED) is 0.749. The van der Waals surface area contributed by atoms with Crippen LogP contribution in [0.2, 0.25) is 0 Å². The zero-order valence-electron chi connectivity index (χ0n) is 11.4. The van der Waals surface area contributed by atoms with Gasteiger partial charge >= 0.3 is 0 Å². The number of allylic oxidation sites excluding steroid dienone is 2. The second-order valence-electron chi connectivity index (χ2n) is 6.68. The van der Waals surface area contributed by atoms with E-state index in [0.29, 0.717) is 23.9 Å². The minimum atomic E-state index is -0.0641. The first-order chi connectivity index (χ1) is 8.54. The van der Waals surface area contributed by atoms with Crippen molar-refractivity contribution in [1.82, 2.24) is 0 Å². The fourth-order valence-corrected chi connectivity index (χ4v) is 4.38. The van der Waals surface area contributed by atoms with E-state index in [9.17, 15) is 9.59 Å². The van der Waals surface area contributed by atoms with E-state index in [0.717, 1.165) is 18.4 Å². The molecule has 0 N–H and O–H groups in total. The SMILES string of the molecule is CC(C)C(=O)C1=C[C@H]2C[C@@H]3CCCC[C@@]13CC2=O. The molecule has 3 atom stereocenters. The third-order valence-electron chi connectivity index (χ3n) is 5.34. The van der Waals surface area contributed by atoms with E-state index in [1.807, 2.05) is 19.9 Å². The fourth-order valence-electron chi connectivity index (χ4n) is 4.38. The van der Waals surface area contributed by atoms with Gasteiger partial charge in [-0.25, -0.2) is 0 Å². The molecule has 0 radical (unpaired) electrons. The lowest BCUT2D eigenvalue weighted by Crippen LogP contribution is -2.50. The van der Waals surface area contributed by atoms with E-state index >= 15 is 0 Å². The van der Waals surface area contributed by atoms with Crippen molar-refractivity contribution >= 4 is 11.6 Å². The van der Waals surface area contributed by atoms with Crippen LogP contribution >= 0.6 is 0 Å². The number of carbonyl (C=O) groups excluding carboxylic acids is 2. The summed E-state index contributed by atoms with van der Waals surface area (Å²) in [6, 6.07) is 0. The predicted octanol–water partition coefficient (Wildman–Crippen LogP) is 3.31. The number of hydrogen-bond acceptors (Lipinski definition) is 2. The number of Topliss-reactive ketones (excluding diaryl/α,β-unsaturated/α-hetero) is 2. The molecule has 0 aliphatic heterocycles. The van der Waals surface area contributed by atoms with Crippen LogP contribution in [0.4, 0.5) is 0 Å². The van der Waals surface area contributed by atoms with Gasteiger partial charge in [0.15, 0.2) is 5.78 Å². The maximum absolute atomic E-state index is 12.5. The lowest BCUT2D eigenvalue weighted by molar-refractivity contribution is -0.133. The number of rotatable bonds is 2. The standard InChI is InChI=1S/C16H22O2/c1-10(2)15(18)13-8-11-7-12-5-3-4-6-16(12,13)9-14(11)17/h8,10-12H,3-7,9H2,1-2H3/t11-,12+,16+/m1/s1. The van der Waals surface area contributed by atoms with Crippen LogP contribution in [0.15, 0.2) is 11.6 Å². The number of ketones is 2. The van der Waals surface area contributed by atoms with Crippen LogP contribution < -0.4 is 0 Å². The summed E-state index contributed by atoms with van der Waals surface area (Å²) in [6.45, 7) is 3.95. The molecule has 4 aliphatic carbocycles. The van der Waals surface area contributed by atoms with Gasteiger partial charge in [-0.1, -0.05) is 32.8 Å². The zero-order chi connectivity index (χ0) is 12.9. The molecule has 2 bridgehead atoms. The van der Waals surface area contributed by atoms with Crippen LogP contribution in [0.25, 0.3) is 0 Å². The molecule has 0 saturated heterocycles. The lowest BCUT2D eigenvalue weighted by atomic mass is 9.49. The number of hydrogen-bond donors (Lipinski definition) is 0. The Labute approximate surface area is 109 Å². The maximum atomic E-state index is 12.5. The summed E-state index contributed by atoms with van der Waals surface area (Å²) in [6.07, 6.45) is 8.41. The van der Waals surface area contributed by atoms with E-state index in [-0.39, 0.29) is 17.3 Å². The largest absolute Gasteiger partial charge is 0.299 e. The predicted molar refractivity (Wildman–Crippen MR) is 70.1 cm³/mol. The van der Waals surface area contributed by atoms with E-state index < -0.39 is 0 Å². The van der Waals surface area contributed by atoms with Gasteiger partial charge in [0.05, 0.1) is 0 Å². The van der Waals surface area contributed by atoms with Crippen LogP contribution in [0.5, 0.6) is 0 Å². The van der Waals surface area contributed by atoms with Gasteiger partial charge in [-0.2, -0.15) is 0 Å². The van der Waals surface area contributed by atoms with Gasteiger partial charge in [0.2, 0.25) is 0 Å². The van der Waals surface area contributed by atoms with Gasteiger partial charge < -0.3 is 0 Å². The van der Waals surface area contributed by atoms with Gasteiger partial charge in [-0.05, 0) is 30.8 Å². The topological polar surface area (TPSA) is 34.1 Å². The summed E-state index contributed by atoms with van der Waals surface area (Å²) in [4.78, 5) is 24.6. The van der Waals surface area contributed by atoms with Crippen molar-refractivity contribution in [1.29, 1.82) is 0 Å². The summed E-state index contributed by atoms with van der Waals surface area (Å²) >= 11 is 0. The Bertz CT molecular complexity index is 432. The average molecular weight is 246 g/mol. The van der Waals surface area contributed by atoms with Crippen LogP contribution in [0, 0.1) is 23.2 Å². The third-order valence-corrected chi connectivity index (χ3v) is 5.34. The molecule has 1 spiro atoms. The Morgan fingerprint density at radius 3 is 2.89 bits per heavy atom. The molecule has 0 heterocycles. The summed E-state index contributed by atoms with van der Waals surface area (Å²) in [7, 11) is 0. The lowest BCUT2D eigenvalue weighted by Gasteiger charge is -2.53. The number of fused-ring (bicyclic) bond motifs is 1. The fraction of sp³-hybridized carbons (Fsp3) is 0.750. The Hall–Kier alpha value is -0.920. The summed E-state index contributed by atoms with van der Waals surface area (Å²) < 4.78 is 0. The Kier molecular flexibility index (Phi) is 2.72. The Balaban J connectivity index is 2.05. The maximum Gasteiger partial charge on any atom is 0.161 e. The monoisotopic (exact) mass is 246 g/mol. The summed E-state index contributed by atoms with van der Waals surface area (Å²) in [5.41, 5.74) is 0.962. The third kappa shape index (κ3) is 1.54. The average Bonchev–Trinajstić information content (AvgIpc) is 2.36. The van der Waals surface area contributed by atoms with Gasteiger partial charge in [-0.15, -0.1) is 0 Å². The van der Waals surface area contributed by atoms with Crippen molar-refractivity contribution in [3.8, 4) is 0 Å². The molecule has 0 unspecified atom stereocenters. The van der Waals surface area contributed by atoms with Crippen LogP contribution in [0.3, 0.4) is 0 Å². The highest BCUT2D eigenvalue weighted by Gasteiger charge is 2.55. The Morgan fingerprint density at radius 1 is 1.39 bits per heavy atom. The van der Waals surface area contributed by atoms with Crippen molar-refractivity contribution in [2.45, 2.75) is 52.4 Å². The molecule has 18 heavy (non-hydrogen) atoms. The van der Waals surface area contributed by atoms with Crippen molar-refractivity contribution in [3.05, 3.63) is 11.6 Å². The first-order valence-corrected chi connectivity index (χ1v) is 7.34. The summed E-state index contributed by atoms with van der Waals surface area (Å²) in [5.74, 6) is 1.37. The van der Waals surface area contributed by atoms with Gasteiger partial charge in [0, 0.05) is 23.7 Å². The van der Waals surface area contributed by atoms with Crippen molar-refractivity contribution in [2.24, 2.45) is 23.2 Å². The van der Waals surface area contributed by atoms with E-state index in [1.165, 1.54) is 19.3 Å². The molecule has 2 heteroatoms. The normalized spacial score (nSPS) is 38.6. The summed E-state index contributed by atoms with van der Waals surface area (Å²) in [5, 5.41) is 0. The Morgan fingerprint density at radius 2 is 2.17 bits per heavy atom. The van der Waals surface area contributed by atoms with Gasteiger partial charge in [-0.3, -0.25) is 9.59 Å². The second kappa shape index (κ2) is 4.04. The zero-order valence-corrected chi connectivity index (χ0v) is 11.4. The minimum Gasteiger partial charge on any atom is -0.299 e. The highest BCUT2D eigenvalue weighted by molar-refractivity contribution is 6.02. The molecule has 4 rings (SSSR count). The molecule has 98 valence electrons. The number of carbonyl (C=O) groups is 2. The first kappa shape index (κ1) is 12.1. The van der Waals surface area contributed by atoms with Crippen LogP contribution in [-0.4, -0.2) is 11.6 Å². The molecule has 2 saturated carbocycles. The van der Waals surface area contributed by atoms with E-state index in [1.54, 1.807) is 0 Å². The van der Waals surface area contributed by atoms with Crippen molar-refractivity contribution < 1.29 is 9.59 Å². The van der Waals surface area contributed by atoms with Crippen LogP contribution in [0.1, 0.15) is 52.4 Å².